The summed E-state index contributed by atoms with van der Waals surface area (Å²) in [6.45, 7) is -1.09. The predicted octanol–water partition coefficient (Wildman–Crippen LogP) is 1.85. The van der Waals surface area contributed by atoms with E-state index in [9.17, 15) is 17.2 Å². The first kappa shape index (κ1) is 12.6. The Morgan fingerprint density at radius 2 is 1.88 bits per heavy atom. The van der Waals surface area contributed by atoms with Crippen molar-refractivity contribution in [2.24, 2.45) is 4.36 Å². The van der Waals surface area contributed by atoms with Crippen LogP contribution >= 0.6 is 0 Å². The van der Waals surface area contributed by atoms with E-state index in [0.29, 0.717) is 5.75 Å². The lowest BCUT2D eigenvalue weighted by molar-refractivity contribution is 0.00690. The maximum absolute atomic E-state index is 13.3. The minimum Gasteiger partial charge on any atom is -0.497 e. The first-order chi connectivity index (χ1) is 7.45. The van der Waals surface area contributed by atoms with Crippen molar-refractivity contribution in [2.45, 2.75) is 5.92 Å². The van der Waals surface area contributed by atoms with Gasteiger partial charge in [-0.15, -0.1) is 0 Å². The highest BCUT2D eigenvalue weighted by molar-refractivity contribution is 7.61. The van der Waals surface area contributed by atoms with Crippen LogP contribution in [0.4, 0.5) is 8.78 Å². The van der Waals surface area contributed by atoms with Crippen molar-refractivity contribution in [1.82, 2.24) is 0 Å². The van der Waals surface area contributed by atoms with Gasteiger partial charge in [-0.25, -0.2) is 0 Å². The SMILES string of the molecule is COc1ccc(C(F)(F)CN=S(=O)=O)cc1. The number of alkyl halides is 2. The summed E-state index contributed by atoms with van der Waals surface area (Å²) >= 11 is 0. The van der Waals surface area contributed by atoms with Crippen molar-refractivity contribution in [3.63, 3.8) is 0 Å². The Morgan fingerprint density at radius 1 is 1.31 bits per heavy atom. The van der Waals surface area contributed by atoms with Crippen LogP contribution in [0, 0.1) is 0 Å². The molecular formula is C9H9F2NO3S. The largest absolute Gasteiger partial charge is 0.497 e. The van der Waals surface area contributed by atoms with E-state index in [1.165, 1.54) is 31.4 Å². The number of hydrogen-bond donors (Lipinski definition) is 0. The van der Waals surface area contributed by atoms with Crippen LogP contribution < -0.4 is 4.74 Å². The highest BCUT2D eigenvalue weighted by atomic mass is 32.2. The molecule has 1 rings (SSSR count). The fourth-order valence-corrected chi connectivity index (χ4v) is 1.33. The van der Waals surface area contributed by atoms with Crippen molar-refractivity contribution in [1.29, 1.82) is 0 Å². The summed E-state index contributed by atoms with van der Waals surface area (Å²) in [7, 11) is -1.40. The molecule has 0 N–H and O–H groups in total. The molecule has 4 nitrogen and oxygen atoms in total. The summed E-state index contributed by atoms with van der Waals surface area (Å²) in [5, 5.41) is 0. The molecule has 0 aliphatic carbocycles. The number of rotatable bonds is 4. The van der Waals surface area contributed by atoms with Gasteiger partial charge in [0.05, 0.1) is 7.11 Å². The number of ether oxygens (including phenoxy) is 1. The molecule has 16 heavy (non-hydrogen) atoms. The molecule has 1 aromatic rings. The van der Waals surface area contributed by atoms with Gasteiger partial charge >= 0.3 is 10.5 Å². The van der Waals surface area contributed by atoms with E-state index in [1.807, 2.05) is 0 Å². The summed E-state index contributed by atoms with van der Waals surface area (Å²) in [4.78, 5) is 0. The third-order valence-corrected chi connectivity index (χ3v) is 2.22. The van der Waals surface area contributed by atoms with E-state index in [2.05, 4.69) is 4.36 Å². The molecule has 0 unspecified atom stereocenters. The lowest BCUT2D eigenvalue weighted by atomic mass is 10.1. The van der Waals surface area contributed by atoms with Crippen LogP contribution in [0.5, 0.6) is 5.75 Å². The van der Waals surface area contributed by atoms with Gasteiger partial charge in [0.25, 0.3) is 5.92 Å². The molecule has 0 aliphatic heterocycles. The average molecular weight is 249 g/mol. The standard InChI is InChI=1S/C9H9F2NO3S/c1-15-8-4-2-7(3-5-8)9(10,11)6-12-16(13)14/h2-5H,6H2,1H3. The van der Waals surface area contributed by atoms with E-state index in [1.54, 1.807) is 0 Å². The molecule has 0 aliphatic rings. The van der Waals surface area contributed by atoms with E-state index >= 15 is 0 Å². The van der Waals surface area contributed by atoms with Crippen molar-refractivity contribution in [3.05, 3.63) is 29.8 Å². The Hall–Kier alpha value is -1.50. The van der Waals surface area contributed by atoms with E-state index in [-0.39, 0.29) is 5.56 Å². The minimum absolute atomic E-state index is 0.303. The monoisotopic (exact) mass is 249 g/mol. The van der Waals surface area contributed by atoms with Crippen LogP contribution in [0.2, 0.25) is 0 Å². The number of halogens is 2. The third kappa shape index (κ3) is 3.27. The Kier molecular flexibility index (Phi) is 3.94. The Morgan fingerprint density at radius 3 is 2.31 bits per heavy atom. The maximum Gasteiger partial charge on any atom is 0.311 e. The Balaban J connectivity index is 2.93. The molecule has 0 radical (unpaired) electrons. The predicted molar refractivity (Wildman–Crippen MR) is 53.1 cm³/mol. The average Bonchev–Trinajstić information content (AvgIpc) is 2.27. The van der Waals surface area contributed by atoms with Crippen LogP contribution in [0.1, 0.15) is 5.56 Å². The Bertz CT molecular complexity index is 474. The first-order valence-corrected chi connectivity index (χ1v) is 5.28. The van der Waals surface area contributed by atoms with Crippen molar-refractivity contribution < 1.29 is 21.9 Å². The second kappa shape index (κ2) is 5.02. The summed E-state index contributed by atoms with van der Waals surface area (Å²) in [5.41, 5.74) is -0.303. The number of methoxy groups -OCH3 is 1. The first-order valence-electron chi connectivity index (χ1n) is 4.25. The lowest BCUT2D eigenvalue weighted by Gasteiger charge is -2.13. The van der Waals surface area contributed by atoms with Gasteiger partial charge in [-0.1, -0.05) is 0 Å². The molecule has 0 amide bonds. The third-order valence-electron chi connectivity index (χ3n) is 1.88. The van der Waals surface area contributed by atoms with Crippen molar-refractivity contribution in [3.8, 4) is 5.75 Å². The summed E-state index contributed by atoms with van der Waals surface area (Å²) in [6, 6.07) is 5.08. The topological polar surface area (TPSA) is 55.7 Å². The molecule has 0 bridgehead atoms. The molecule has 1 aromatic carbocycles. The lowest BCUT2D eigenvalue weighted by Crippen LogP contribution is -2.17. The maximum atomic E-state index is 13.3. The second-order valence-electron chi connectivity index (χ2n) is 2.94. The van der Waals surface area contributed by atoms with Gasteiger partial charge in [0, 0.05) is 5.56 Å². The number of hydrogen-bond acceptors (Lipinski definition) is 4. The molecule has 88 valence electrons. The molecule has 0 spiro atoms. The molecule has 7 heteroatoms. The zero-order chi connectivity index (χ0) is 12.2. The summed E-state index contributed by atoms with van der Waals surface area (Å²) in [6.07, 6.45) is 0. The molecule has 0 fully saturated rings. The van der Waals surface area contributed by atoms with Crippen LogP contribution in [-0.2, 0) is 16.4 Å². The fourth-order valence-electron chi connectivity index (χ4n) is 1.06. The van der Waals surface area contributed by atoms with Crippen LogP contribution in [0.3, 0.4) is 0 Å². The quantitative estimate of drug-likeness (QED) is 0.818. The van der Waals surface area contributed by atoms with Gasteiger partial charge in [0.15, 0.2) is 0 Å². The smallest absolute Gasteiger partial charge is 0.311 e. The van der Waals surface area contributed by atoms with Gasteiger partial charge in [0.1, 0.15) is 12.3 Å². The molecular weight excluding hydrogens is 240 g/mol. The molecule has 0 saturated heterocycles. The van der Waals surface area contributed by atoms with Gasteiger partial charge in [0.2, 0.25) is 0 Å². The van der Waals surface area contributed by atoms with Gasteiger partial charge in [-0.3, -0.25) is 0 Å². The number of nitrogens with zero attached hydrogens (tertiary/aromatic N) is 1. The zero-order valence-electron chi connectivity index (χ0n) is 8.35. The second-order valence-corrected chi connectivity index (χ2v) is 3.63. The minimum atomic E-state index is -3.30. The van der Waals surface area contributed by atoms with Crippen LogP contribution in [0.15, 0.2) is 28.6 Å². The van der Waals surface area contributed by atoms with Crippen LogP contribution in [0.25, 0.3) is 0 Å². The van der Waals surface area contributed by atoms with Gasteiger partial charge in [-0.05, 0) is 24.3 Å². The van der Waals surface area contributed by atoms with Gasteiger partial charge < -0.3 is 4.74 Å². The highest BCUT2D eigenvalue weighted by Crippen LogP contribution is 2.29. The molecule has 0 atom stereocenters. The summed E-state index contributed by atoms with van der Waals surface area (Å²) in [5.74, 6) is -2.85. The van der Waals surface area contributed by atoms with Gasteiger partial charge in [-0.2, -0.15) is 21.6 Å². The highest BCUT2D eigenvalue weighted by Gasteiger charge is 2.31. The van der Waals surface area contributed by atoms with E-state index in [0.717, 1.165) is 0 Å². The normalized spacial score (nSPS) is 10.9. The van der Waals surface area contributed by atoms with Crippen molar-refractivity contribution >= 4 is 10.5 Å². The molecule has 0 aromatic heterocycles. The molecule has 0 heterocycles. The van der Waals surface area contributed by atoms with Crippen molar-refractivity contribution in [2.75, 3.05) is 13.7 Å². The Labute approximate surface area is 92.6 Å². The zero-order valence-corrected chi connectivity index (χ0v) is 9.17. The van der Waals surface area contributed by atoms with Crippen LogP contribution in [-0.4, -0.2) is 22.1 Å². The van der Waals surface area contributed by atoms with E-state index in [4.69, 9.17) is 4.74 Å². The van der Waals surface area contributed by atoms with E-state index < -0.39 is 23.0 Å². The fraction of sp³-hybridized carbons (Fsp3) is 0.333. The number of benzene rings is 1. The summed E-state index contributed by atoms with van der Waals surface area (Å²) < 4.78 is 54.4. The molecule has 0 saturated carbocycles.